The molecule has 72 valence electrons. The summed E-state index contributed by atoms with van der Waals surface area (Å²) in [6, 6.07) is 0. The van der Waals surface area contributed by atoms with Gasteiger partial charge in [0.2, 0.25) is 0 Å². The smallest absolute Gasteiger partial charge is 0.0574 e. The van der Waals surface area contributed by atoms with Crippen LogP contribution in [0.4, 0.5) is 0 Å². The minimum absolute atomic E-state index is 0.0422. The second-order valence-corrected chi connectivity index (χ2v) is 5.99. The lowest BCUT2D eigenvalue weighted by Crippen LogP contribution is -2.27. The molecule has 1 N–H and O–H groups in total. The van der Waals surface area contributed by atoms with E-state index in [4.69, 9.17) is 0 Å². The number of aliphatic hydroxyl groups excluding tert-OH is 1. The van der Waals surface area contributed by atoms with Crippen molar-refractivity contribution in [3.05, 3.63) is 0 Å². The van der Waals surface area contributed by atoms with E-state index in [1.807, 2.05) is 0 Å². The maximum atomic E-state index is 9.87. The minimum atomic E-state index is 0.0422. The Kier molecular flexibility index (Phi) is 1.03. The Morgan fingerprint density at radius 3 is 2.92 bits per heavy atom. The maximum Gasteiger partial charge on any atom is 0.0574 e. The highest BCUT2D eigenvalue weighted by atomic mass is 16.3. The van der Waals surface area contributed by atoms with Crippen molar-refractivity contribution in [3.63, 3.8) is 0 Å². The van der Waals surface area contributed by atoms with Crippen molar-refractivity contribution in [2.45, 2.75) is 38.7 Å². The molecule has 2 bridgehead atoms. The van der Waals surface area contributed by atoms with Crippen LogP contribution in [0, 0.1) is 35.0 Å². The molecule has 7 atom stereocenters. The van der Waals surface area contributed by atoms with E-state index in [2.05, 4.69) is 6.92 Å². The topological polar surface area (TPSA) is 20.2 Å². The number of aliphatic hydroxyl groups is 1. The standard InChI is InChI=1S/C12H18O/c1-6-10(13)5-9-11-7-2-3-8(4-7)12(6,9)11/h6-11,13H,2-5H2,1H3. The lowest BCUT2D eigenvalue weighted by atomic mass is 9.77. The third-order valence-corrected chi connectivity index (χ3v) is 6.09. The van der Waals surface area contributed by atoms with Gasteiger partial charge in [-0.25, -0.2) is 0 Å². The molecule has 13 heavy (non-hydrogen) atoms. The summed E-state index contributed by atoms with van der Waals surface area (Å²) in [5, 5.41) is 9.87. The summed E-state index contributed by atoms with van der Waals surface area (Å²) in [4.78, 5) is 0. The zero-order valence-electron chi connectivity index (χ0n) is 8.24. The zero-order chi connectivity index (χ0) is 8.79. The number of hydrogen-bond acceptors (Lipinski definition) is 1. The Balaban J connectivity index is 1.79. The fourth-order valence-corrected chi connectivity index (χ4v) is 5.80. The number of rotatable bonds is 0. The monoisotopic (exact) mass is 178 g/mol. The van der Waals surface area contributed by atoms with Gasteiger partial charge < -0.3 is 5.11 Å². The molecular formula is C12H18O. The van der Waals surface area contributed by atoms with Crippen LogP contribution >= 0.6 is 0 Å². The first-order chi connectivity index (χ1) is 6.26. The molecule has 0 aliphatic heterocycles. The van der Waals surface area contributed by atoms with Crippen molar-refractivity contribution in [1.82, 2.24) is 0 Å². The van der Waals surface area contributed by atoms with Crippen molar-refractivity contribution in [2.24, 2.45) is 35.0 Å². The molecule has 1 spiro atoms. The molecule has 0 heterocycles. The highest BCUT2D eigenvalue weighted by molar-refractivity contribution is 5.28. The van der Waals surface area contributed by atoms with Crippen molar-refractivity contribution in [2.75, 3.05) is 0 Å². The van der Waals surface area contributed by atoms with Gasteiger partial charge in [-0.2, -0.15) is 0 Å². The van der Waals surface area contributed by atoms with E-state index in [0.29, 0.717) is 11.3 Å². The fourth-order valence-electron chi connectivity index (χ4n) is 5.80. The summed E-state index contributed by atoms with van der Waals surface area (Å²) in [5.74, 6) is 4.72. The average molecular weight is 178 g/mol. The van der Waals surface area contributed by atoms with E-state index in [1.54, 1.807) is 0 Å². The Hall–Kier alpha value is -0.0400. The van der Waals surface area contributed by atoms with Crippen LogP contribution in [0.15, 0.2) is 0 Å². The third-order valence-electron chi connectivity index (χ3n) is 6.09. The van der Waals surface area contributed by atoms with Crippen LogP contribution in [0.1, 0.15) is 32.6 Å². The first-order valence-electron chi connectivity index (χ1n) is 5.94. The third kappa shape index (κ3) is 0.538. The van der Waals surface area contributed by atoms with Crippen molar-refractivity contribution < 1.29 is 5.11 Å². The first kappa shape index (κ1) is 7.28. The van der Waals surface area contributed by atoms with Gasteiger partial charge in [0.1, 0.15) is 0 Å². The van der Waals surface area contributed by atoms with Crippen molar-refractivity contribution >= 4 is 0 Å². The van der Waals surface area contributed by atoms with Crippen LogP contribution < -0.4 is 0 Å². The summed E-state index contributed by atoms with van der Waals surface area (Å²) in [6.07, 6.45) is 5.68. The molecule has 4 saturated carbocycles. The van der Waals surface area contributed by atoms with E-state index < -0.39 is 0 Å². The van der Waals surface area contributed by atoms with Gasteiger partial charge in [0.15, 0.2) is 0 Å². The Bertz CT molecular complexity index is 265. The molecule has 1 heteroatoms. The highest BCUT2D eigenvalue weighted by Gasteiger charge is 2.80. The normalized spacial score (nSPS) is 72.5. The van der Waals surface area contributed by atoms with Gasteiger partial charge in [-0.15, -0.1) is 0 Å². The van der Waals surface area contributed by atoms with Crippen LogP contribution in [0.25, 0.3) is 0 Å². The van der Waals surface area contributed by atoms with E-state index in [0.717, 1.165) is 30.1 Å². The first-order valence-corrected chi connectivity index (χ1v) is 5.94. The van der Waals surface area contributed by atoms with Crippen LogP contribution in [-0.4, -0.2) is 11.2 Å². The van der Waals surface area contributed by atoms with E-state index in [-0.39, 0.29) is 6.10 Å². The van der Waals surface area contributed by atoms with Crippen molar-refractivity contribution in [3.8, 4) is 0 Å². The fraction of sp³-hybridized carbons (Fsp3) is 1.00. The van der Waals surface area contributed by atoms with Crippen LogP contribution in [0.3, 0.4) is 0 Å². The summed E-state index contributed by atoms with van der Waals surface area (Å²) in [7, 11) is 0. The molecule has 0 aromatic heterocycles. The maximum absolute atomic E-state index is 9.87. The molecule has 4 aliphatic carbocycles. The van der Waals surface area contributed by atoms with Gasteiger partial charge in [-0.1, -0.05) is 6.92 Å². The van der Waals surface area contributed by atoms with Crippen LogP contribution in [-0.2, 0) is 0 Å². The molecule has 0 radical (unpaired) electrons. The molecule has 4 fully saturated rings. The molecule has 4 aliphatic rings. The quantitative estimate of drug-likeness (QED) is 0.602. The molecule has 0 amide bonds. The minimum Gasteiger partial charge on any atom is -0.393 e. The lowest BCUT2D eigenvalue weighted by Gasteiger charge is -2.29. The highest BCUT2D eigenvalue weighted by Crippen LogP contribution is 2.84. The molecule has 1 nitrogen and oxygen atoms in total. The van der Waals surface area contributed by atoms with Crippen molar-refractivity contribution in [1.29, 1.82) is 0 Å². The molecular weight excluding hydrogens is 160 g/mol. The molecule has 0 aromatic rings. The molecule has 0 aromatic carbocycles. The number of fused-ring (bicyclic) bond motifs is 4. The van der Waals surface area contributed by atoms with Gasteiger partial charge in [-0.3, -0.25) is 0 Å². The van der Waals surface area contributed by atoms with E-state index >= 15 is 0 Å². The second kappa shape index (κ2) is 1.84. The summed E-state index contributed by atoms with van der Waals surface area (Å²) < 4.78 is 0. The average Bonchev–Trinajstić information content (AvgIpc) is 2.53. The van der Waals surface area contributed by atoms with E-state index in [9.17, 15) is 5.11 Å². The molecule has 4 rings (SSSR count). The zero-order valence-corrected chi connectivity index (χ0v) is 8.24. The van der Waals surface area contributed by atoms with Crippen LogP contribution in [0.5, 0.6) is 0 Å². The Morgan fingerprint density at radius 1 is 1.23 bits per heavy atom. The van der Waals surface area contributed by atoms with Crippen LogP contribution in [0.2, 0.25) is 0 Å². The van der Waals surface area contributed by atoms with Gasteiger partial charge in [-0.05, 0) is 60.7 Å². The largest absolute Gasteiger partial charge is 0.393 e. The number of hydrogen-bond donors (Lipinski definition) is 1. The second-order valence-electron chi connectivity index (χ2n) is 5.99. The summed E-state index contributed by atoms with van der Waals surface area (Å²) in [6.45, 7) is 2.31. The predicted octanol–water partition coefficient (Wildman–Crippen LogP) is 2.05. The lowest BCUT2D eigenvalue weighted by molar-refractivity contribution is 0.0735. The van der Waals surface area contributed by atoms with Gasteiger partial charge in [0, 0.05) is 0 Å². The summed E-state index contributed by atoms with van der Waals surface area (Å²) >= 11 is 0. The van der Waals surface area contributed by atoms with Gasteiger partial charge in [0.05, 0.1) is 6.10 Å². The van der Waals surface area contributed by atoms with E-state index in [1.165, 1.54) is 19.3 Å². The Labute approximate surface area is 79.5 Å². The summed E-state index contributed by atoms with van der Waals surface area (Å²) in [5.41, 5.74) is 0.669. The molecule has 0 saturated heterocycles. The predicted molar refractivity (Wildman–Crippen MR) is 50.0 cm³/mol. The van der Waals surface area contributed by atoms with Gasteiger partial charge in [0.25, 0.3) is 0 Å². The van der Waals surface area contributed by atoms with Gasteiger partial charge >= 0.3 is 0 Å². The molecule has 7 unspecified atom stereocenters. The Morgan fingerprint density at radius 2 is 2.08 bits per heavy atom. The SMILES string of the molecule is CC1C(O)CC2C3C4CCC(C4)C123.